The average molecular weight is 517 g/mol. The van der Waals surface area contributed by atoms with E-state index in [1.54, 1.807) is 77.7 Å². The second-order valence-corrected chi connectivity index (χ2v) is 11.2. The zero-order chi connectivity index (χ0) is 26.2. The van der Waals surface area contributed by atoms with Gasteiger partial charge in [0.25, 0.3) is 15.9 Å². The van der Waals surface area contributed by atoms with Crippen molar-refractivity contribution in [3.05, 3.63) is 113 Å². The number of aryl methyl sites for hydroxylation is 1. The molecule has 2 heterocycles. The lowest BCUT2D eigenvalue weighted by Gasteiger charge is -2.41. The lowest BCUT2D eigenvalue weighted by atomic mass is 9.94. The minimum atomic E-state index is -4.57. The number of likely N-dealkylation sites (tertiary alicyclic amines) is 1. The molecule has 1 saturated heterocycles. The van der Waals surface area contributed by atoms with Gasteiger partial charge in [0, 0.05) is 24.2 Å². The van der Waals surface area contributed by atoms with E-state index in [0.29, 0.717) is 17.4 Å². The number of rotatable bonds is 6. The van der Waals surface area contributed by atoms with Crippen molar-refractivity contribution in [3.63, 3.8) is 0 Å². The van der Waals surface area contributed by atoms with Crippen molar-refractivity contribution >= 4 is 21.7 Å². The molecular weight excluding hydrogens is 488 g/mol. The van der Waals surface area contributed by atoms with Crippen molar-refractivity contribution in [2.45, 2.75) is 36.8 Å². The quantitative estimate of drug-likeness (QED) is 0.393. The molecule has 8 heteroatoms. The van der Waals surface area contributed by atoms with Gasteiger partial charge in [-0.15, -0.1) is 0 Å². The zero-order valence-corrected chi connectivity index (χ0v) is 21.3. The van der Waals surface area contributed by atoms with E-state index in [2.05, 4.69) is 0 Å². The summed E-state index contributed by atoms with van der Waals surface area (Å²) < 4.78 is 28.6. The van der Waals surface area contributed by atoms with Gasteiger partial charge in [-0.1, -0.05) is 78.4 Å². The molecule has 3 aromatic rings. The van der Waals surface area contributed by atoms with Crippen LogP contribution in [0, 0.1) is 6.92 Å². The van der Waals surface area contributed by atoms with Crippen molar-refractivity contribution in [1.29, 1.82) is 0 Å². The molecule has 1 atom stereocenters. The maximum Gasteiger partial charge on any atom is 0.276 e. The van der Waals surface area contributed by atoms with E-state index in [-0.39, 0.29) is 27.3 Å². The third-order valence-corrected chi connectivity index (χ3v) is 8.71. The van der Waals surface area contributed by atoms with E-state index in [9.17, 15) is 23.1 Å². The summed E-state index contributed by atoms with van der Waals surface area (Å²) >= 11 is 0. The number of Topliss-reactive ketones (excluding diaryl/α,β-unsaturated/α-hetero) is 1. The fourth-order valence-electron chi connectivity index (χ4n) is 5.08. The van der Waals surface area contributed by atoms with Gasteiger partial charge in [-0.2, -0.15) is 4.31 Å². The number of carbonyl (C=O) groups excluding carboxylic acids is 2. The van der Waals surface area contributed by atoms with Crippen LogP contribution in [0.15, 0.2) is 101 Å². The molecule has 0 aliphatic carbocycles. The molecule has 5 rings (SSSR count). The van der Waals surface area contributed by atoms with Crippen LogP contribution in [0.1, 0.15) is 40.7 Å². The molecule has 1 amide bonds. The summed E-state index contributed by atoms with van der Waals surface area (Å²) in [7, 11) is -4.57. The van der Waals surface area contributed by atoms with Crippen molar-refractivity contribution in [2.24, 2.45) is 0 Å². The van der Waals surface area contributed by atoms with Crippen molar-refractivity contribution in [3.8, 4) is 0 Å². The Morgan fingerprint density at radius 1 is 0.838 bits per heavy atom. The molecule has 0 aromatic heterocycles. The van der Waals surface area contributed by atoms with Crippen molar-refractivity contribution < 1.29 is 23.1 Å². The van der Waals surface area contributed by atoms with Gasteiger partial charge in [0.05, 0.1) is 10.6 Å². The van der Waals surface area contributed by atoms with Crippen LogP contribution in [0.2, 0.25) is 0 Å². The van der Waals surface area contributed by atoms with Gasteiger partial charge in [-0.3, -0.25) is 9.59 Å². The lowest BCUT2D eigenvalue weighted by molar-refractivity contribution is -0.133. The van der Waals surface area contributed by atoms with Gasteiger partial charge in [0.15, 0.2) is 0 Å². The molecule has 1 fully saturated rings. The standard InChI is InChI=1S/C29H28N2O5S/c1-21-15-17-24(18-16-21)37(35,36)31-28(33)25(26(32)22-11-5-2-6-12-22)27(30-19-9-4-10-20-30)29(31,34)23-13-7-3-8-14-23/h2-3,5-8,11-18,34H,4,9-10,19-20H2,1H3. The average Bonchev–Trinajstić information content (AvgIpc) is 3.17. The molecule has 0 radical (unpaired) electrons. The minimum Gasteiger partial charge on any atom is -0.370 e. The number of hydrogen-bond acceptors (Lipinski definition) is 6. The minimum absolute atomic E-state index is 0.0212. The Hall–Kier alpha value is -3.75. The molecule has 2 aliphatic heterocycles. The Bertz CT molecular complexity index is 1460. The van der Waals surface area contributed by atoms with Gasteiger partial charge in [-0.05, 0) is 38.3 Å². The van der Waals surface area contributed by atoms with Gasteiger partial charge in [0.1, 0.15) is 5.57 Å². The first-order chi connectivity index (χ1) is 17.8. The highest BCUT2D eigenvalue weighted by Crippen LogP contribution is 2.47. The molecule has 0 spiro atoms. The smallest absolute Gasteiger partial charge is 0.276 e. The Morgan fingerprint density at radius 3 is 2.00 bits per heavy atom. The number of nitrogens with zero attached hydrogens (tertiary/aromatic N) is 2. The first-order valence-corrected chi connectivity index (χ1v) is 13.7. The molecule has 0 bridgehead atoms. The molecular formula is C29H28N2O5S. The molecule has 7 nitrogen and oxygen atoms in total. The highest BCUT2D eigenvalue weighted by molar-refractivity contribution is 7.89. The van der Waals surface area contributed by atoms with Crippen LogP contribution in [0.4, 0.5) is 0 Å². The first kappa shape index (κ1) is 24.9. The number of amides is 1. The summed E-state index contributed by atoms with van der Waals surface area (Å²) in [6.45, 7) is 2.80. The number of ketones is 1. The van der Waals surface area contributed by atoms with Crippen LogP contribution < -0.4 is 0 Å². The normalized spacial score (nSPS) is 20.4. The summed E-state index contributed by atoms with van der Waals surface area (Å²) in [5.74, 6) is -1.66. The van der Waals surface area contributed by atoms with Crippen LogP contribution in [-0.2, 0) is 20.5 Å². The van der Waals surface area contributed by atoms with E-state index < -0.39 is 27.4 Å². The van der Waals surface area contributed by atoms with Crippen LogP contribution in [-0.4, -0.2) is 47.5 Å². The molecule has 2 aliphatic rings. The van der Waals surface area contributed by atoms with Crippen LogP contribution in [0.25, 0.3) is 0 Å². The van der Waals surface area contributed by atoms with E-state index in [4.69, 9.17) is 0 Å². The van der Waals surface area contributed by atoms with Crippen LogP contribution >= 0.6 is 0 Å². The molecule has 37 heavy (non-hydrogen) atoms. The lowest BCUT2D eigenvalue weighted by Crippen LogP contribution is -2.52. The fraction of sp³-hybridized carbons (Fsp3) is 0.241. The Labute approximate surface area is 216 Å². The first-order valence-electron chi connectivity index (χ1n) is 12.3. The molecule has 0 saturated carbocycles. The third kappa shape index (κ3) is 4.16. The SMILES string of the molecule is Cc1ccc(S(=O)(=O)N2C(=O)C(C(=O)c3ccccc3)=C(N3CCCCC3)C2(O)c2ccccc2)cc1. The van der Waals surface area contributed by atoms with Gasteiger partial charge >= 0.3 is 0 Å². The number of benzene rings is 3. The monoisotopic (exact) mass is 516 g/mol. The third-order valence-electron chi connectivity index (χ3n) is 6.93. The number of carbonyl (C=O) groups is 2. The number of hydrogen-bond donors (Lipinski definition) is 1. The molecule has 1 N–H and O–H groups in total. The number of sulfonamides is 1. The van der Waals surface area contributed by atoms with E-state index in [0.717, 1.165) is 24.8 Å². The van der Waals surface area contributed by atoms with E-state index in [1.807, 2.05) is 6.92 Å². The maximum atomic E-state index is 14.1. The van der Waals surface area contributed by atoms with Crippen molar-refractivity contribution in [2.75, 3.05) is 13.1 Å². The number of piperidine rings is 1. The van der Waals surface area contributed by atoms with E-state index >= 15 is 0 Å². The predicted molar refractivity (Wildman–Crippen MR) is 139 cm³/mol. The fourth-order valence-corrected chi connectivity index (χ4v) is 6.62. The van der Waals surface area contributed by atoms with Gasteiger partial charge in [-0.25, -0.2) is 8.42 Å². The molecule has 190 valence electrons. The maximum absolute atomic E-state index is 14.1. The molecule has 1 unspecified atom stereocenters. The Balaban J connectivity index is 1.79. The Morgan fingerprint density at radius 2 is 1.41 bits per heavy atom. The zero-order valence-electron chi connectivity index (χ0n) is 20.5. The van der Waals surface area contributed by atoms with Crippen LogP contribution in [0.5, 0.6) is 0 Å². The van der Waals surface area contributed by atoms with Crippen LogP contribution in [0.3, 0.4) is 0 Å². The van der Waals surface area contributed by atoms with E-state index in [1.165, 1.54) is 12.1 Å². The summed E-state index contributed by atoms with van der Waals surface area (Å²) in [5.41, 5.74) is -1.43. The summed E-state index contributed by atoms with van der Waals surface area (Å²) in [4.78, 5) is 29.6. The largest absolute Gasteiger partial charge is 0.370 e. The summed E-state index contributed by atoms with van der Waals surface area (Å²) in [6.07, 6.45) is 2.55. The number of aliphatic hydroxyl groups is 1. The predicted octanol–water partition coefficient (Wildman–Crippen LogP) is 3.99. The molecule has 3 aromatic carbocycles. The summed E-state index contributed by atoms with van der Waals surface area (Å²) in [6, 6.07) is 22.6. The second-order valence-electron chi connectivity index (χ2n) is 9.39. The van der Waals surface area contributed by atoms with Gasteiger partial charge < -0.3 is 10.0 Å². The highest BCUT2D eigenvalue weighted by Gasteiger charge is 2.60. The topological polar surface area (TPSA) is 95.0 Å². The second kappa shape index (κ2) is 9.61. The summed E-state index contributed by atoms with van der Waals surface area (Å²) in [5, 5.41) is 12.5. The van der Waals surface area contributed by atoms with Crippen molar-refractivity contribution in [1.82, 2.24) is 9.21 Å². The highest BCUT2D eigenvalue weighted by atomic mass is 32.2. The Kier molecular flexibility index (Phi) is 6.47. The van der Waals surface area contributed by atoms with Gasteiger partial charge in [0.2, 0.25) is 11.5 Å².